The molecular weight excluding hydrogens is 390 g/mol. The monoisotopic (exact) mass is 405 g/mol. The van der Waals surface area contributed by atoms with Gasteiger partial charge in [0.05, 0.1) is 15.6 Å². The number of anilines is 2. The third-order valence-corrected chi connectivity index (χ3v) is 4.73. The molecule has 0 saturated carbocycles. The molecule has 0 fully saturated rings. The predicted molar refractivity (Wildman–Crippen MR) is 103 cm³/mol. The largest absolute Gasteiger partial charge is 0.359 e. The maximum atomic E-state index is 12.2. The second kappa shape index (κ2) is 8.22. The lowest BCUT2D eigenvalue weighted by Gasteiger charge is -2.10. The highest BCUT2D eigenvalue weighted by molar-refractivity contribution is 7.85. The van der Waals surface area contributed by atoms with Crippen molar-refractivity contribution >= 4 is 39.0 Å². The molecule has 0 aromatic heterocycles. The first-order valence-electron chi connectivity index (χ1n) is 7.64. The molecule has 1 amide bonds. The van der Waals surface area contributed by atoms with Crippen LogP contribution < -0.4 is 10.6 Å². The van der Waals surface area contributed by atoms with Crippen LogP contribution in [0.15, 0.2) is 53.1 Å². The summed E-state index contributed by atoms with van der Waals surface area (Å²) in [6.07, 6.45) is 1.24. The molecule has 9 heteroatoms. The maximum absolute atomic E-state index is 12.2. The Kier molecular flexibility index (Phi) is 6.23. The van der Waals surface area contributed by atoms with Crippen LogP contribution in [0, 0.1) is 25.2 Å². The topological polar surface area (TPSA) is 119 Å². The Hall–Kier alpha value is -2.86. The summed E-state index contributed by atoms with van der Waals surface area (Å²) in [5.74, 6) is -0.689. The van der Waals surface area contributed by atoms with E-state index in [2.05, 4.69) is 10.6 Å². The Bertz CT molecular complexity index is 1030. The first-order chi connectivity index (χ1) is 12.6. The Labute approximate surface area is 162 Å². The smallest absolute Gasteiger partial charge is 0.294 e. The summed E-state index contributed by atoms with van der Waals surface area (Å²) in [5.41, 5.74) is 2.48. The number of nitrogens with zero attached hydrogens (tertiary/aromatic N) is 1. The fourth-order valence-electron chi connectivity index (χ4n) is 2.30. The Morgan fingerprint density at radius 1 is 1.22 bits per heavy atom. The van der Waals surface area contributed by atoms with Crippen molar-refractivity contribution in [2.75, 3.05) is 10.6 Å². The summed E-state index contributed by atoms with van der Waals surface area (Å²) in [6, 6.07) is 10.3. The van der Waals surface area contributed by atoms with Crippen LogP contribution >= 0.6 is 11.6 Å². The van der Waals surface area contributed by atoms with Gasteiger partial charge in [0.25, 0.3) is 16.0 Å². The van der Waals surface area contributed by atoms with Gasteiger partial charge in [-0.1, -0.05) is 17.7 Å². The van der Waals surface area contributed by atoms with Crippen molar-refractivity contribution in [3.63, 3.8) is 0 Å². The van der Waals surface area contributed by atoms with Crippen molar-refractivity contribution < 1.29 is 17.8 Å². The minimum atomic E-state index is -4.32. The van der Waals surface area contributed by atoms with Crippen LogP contribution in [0.4, 0.5) is 11.4 Å². The lowest BCUT2D eigenvalue weighted by Crippen LogP contribution is -2.14. The van der Waals surface area contributed by atoms with Crippen LogP contribution in [0.25, 0.3) is 0 Å². The molecule has 7 nitrogen and oxygen atoms in total. The predicted octanol–water partition coefficient (Wildman–Crippen LogP) is 3.66. The van der Waals surface area contributed by atoms with Gasteiger partial charge >= 0.3 is 0 Å². The first-order valence-corrected chi connectivity index (χ1v) is 9.46. The Balaban J connectivity index is 2.17. The van der Waals surface area contributed by atoms with E-state index in [9.17, 15) is 18.5 Å². The number of carbonyl (C=O) groups is 1. The molecule has 0 atom stereocenters. The molecule has 3 N–H and O–H groups in total. The third kappa shape index (κ3) is 5.31. The number of hydrogen-bond donors (Lipinski definition) is 3. The van der Waals surface area contributed by atoms with Crippen molar-refractivity contribution in [2.45, 2.75) is 18.7 Å². The standard InChI is InChI=1S/C18H16ClN3O4S/c1-11-7-12(2)17(16(19)8-11)21-10-13(9-20)18(23)22-14-3-5-15(6-4-14)27(24,25)26/h3-8,10,21H,1-2H3,(H,22,23)(H,24,25,26)/b13-10-. The maximum Gasteiger partial charge on any atom is 0.294 e. The van der Waals surface area contributed by atoms with Gasteiger partial charge in [-0.15, -0.1) is 0 Å². The van der Waals surface area contributed by atoms with Crippen molar-refractivity contribution in [2.24, 2.45) is 0 Å². The molecule has 0 spiro atoms. The van der Waals surface area contributed by atoms with E-state index in [-0.39, 0.29) is 16.2 Å². The molecule has 0 aliphatic carbocycles. The van der Waals surface area contributed by atoms with Crippen molar-refractivity contribution in [1.82, 2.24) is 0 Å². The summed E-state index contributed by atoms with van der Waals surface area (Å²) in [4.78, 5) is 11.9. The van der Waals surface area contributed by atoms with Gasteiger partial charge in [-0.2, -0.15) is 13.7 Å². The van der Waals surface area contributed by atoms with Gasteiger partial charge in [-0.25, -0.2) is 0 Å². The summed E-state index contributed by atoms with van der Waals surface area (Å²) in [6.45, 7) is 3.75. The van der Waals surface area contributed by atoms with Crippen LogP contribution in [-0.4, -0.2) is 18.9 Å². The van der Waals surface area contributed by atoms with Gasteiger partial charge in [0, 0.05) is 11.9 Å². The number of nitriles is 1. The second-order valence-electron chi connectivity index (χ2n) is 5.71. The molecule has 2 aromatic carbocycles. The fraction of sp³-hybridized carbons (Fsp3) is 0.111. The lowest BCUT2D eigenvalue weighted by atomic mass is 10.1. The number of nitrogens with one attached hydrogen (secondary N) is 2. The van der Waals surface area contributed by atoms with Gasteiger partial charge in [0.1, 0.15) is 11.6 Å². The Morgan fingerprint density at radius 2 is 1.85 bits per heavy atom. The van der Waals surface area contributed by atoms with Crippen LogP contribution in [-0.2, 0) is 14.9 Å². The number of rotatable bonds is 5. The van der Waals surface area contributed by atoms with Gasteiger partial charge in [-0.05, 0) is 55.3 Å². The average Bonchev–Trinajstić information content (AvgIpc) is 2.56. The quantitative estimate of drug-likeness (QED) is 0.396. The van der Waals surface area contributed by atoms with Crippen LogP contribution in [0.1, 0.15) is 11.1 Å². The second-order valence-corrected chi connectivity index (χ2v) is 7.54. The zero-order chi connectivity index (χ0) is 20.2. The highest BCUT2D eigenvalue weighted by atomic mass is 35.5. The van der Waals surface area contributed by atoms with E-state index in [1.807, 2.05) is 19.9 Å². The zero-order valence-electron chi connectivity index (χ0n) is 14.4. The normalized spacial score (nSPS) is 11.6. The molecule has 2 rings (SSSR count). The molecule has 0 radical (unpaired) electrons. The third-order valence-electron chi connectivity index (χ3n) is 3.57. The van der Waals surface area contributed by atoms with E-state index in [0.717, 1.165) is 23.3 Å². The molecule has 140 valence electrons. The highest BCUT2D eigenvalue weighted by Gasteiger charge is 2.12. The zero-order valence-corrected chi connectivity index (χ0v) is 16.0. The number of amides is 1. The van der Waals surface area contributed by atoms with Crippen LogP contribution in [0.2, 0.25) is 5.02 Å². The van der Waals surface area contributed by atoms with Gasteiger partial charge < -0.3 is 10.6 Å². The fourth-order valence-corrected chi connectivity index (χ4v) is 3.16. The average molecular weight is 406 g/mol. The van der Waals surface area contributed by atoms with Crippen molar-refractivity contribution in [3.8, 4) is 6.07 Å². The summed E-state index contributed by atoms with van der Waals surface area (Å²) in [5, 5.41) is 15.0. The van der Waals surface area contributed by atoms with Crippen molar-refractivity contribution in [1.29, 1.82) is 5.26 Å². The molecule has 0 bridgehead atoms. The molecule has 0 heterocycles. The number of carbonyl (C=O) groups excluding carboxylic acids is 1. The molecule has 27 heavy (non-hydrogen) atoms. The minimum absolute atomic E-state index is 0.204. The van der Waals surface area contributed by atoms with Crippen molar-refractivity contribution in [3.05, 3.63) is 64.3 Å². The van der Waals surface area contributed by atoms with E-state index in [1.165, 1.54) is 18.3 Å². The van der Waals surface area contributed by atoms with Gasteiger partial charge in [0.2, 0.25) is 0 Å². The molecule has 0 aliphatic heterocycles. The lowest BCUT2D eigenvalue weighted by molar-refractivity contribution is -0.112. The minimum Gasteiger partial charge on any atom is -0.359 e. The van der Waals surface area contributed by atoms with E-state index >= 15 is 0 Å². The number of aryl methyl sites for hydroxylation is 2. The molecule has 2 aromatic rings. The number of hydrogen-bond acceptors (Lipinski definition) is 5. The van der Waals surface area contributed by atoms with Crippen LogP contribution in [0.5, 0.6) is 0 Å². The highest BCUT2D eigenvalue weighted by Crippen LogP contribution is 2.27. The SMILES string of the molecule is Cc1cc(C)c(N/C=C(/C#N)C(=O)Nc2ccc(S(=O)(=O)O)cc2)c(Cl)c1. The molecule has 0 saturated heterocycles. The molecule has 0 aliphatic rings. The molecule has 0 unspecified atom stereocenters. The summed E-state index contributed by atoms with van der Waals surface area (Å²) >= 11 is 6.18. The summed E-state index contributed by atoms with van der Waals surface area (Å²) < 4.78 is 31.0. The van der Waals surface area contributed by atoms with E-state index in [0.29, 0.717) is 10.7 Å². The first kappa shape index (κ1) is 20.5. The van der Waals surface area contributed by atoms with Crippen LogP contribution in [0.3, 0.4) is 0 Å². The number of halogens is 1. The van der Waals surface area contributed by atoms with E-state index in [1.54, 1.807) is 12.1 Å². The van der Waals surface area contributed by atoms with E-state index < -0.39 is 16.0 Å². The van der Waals surface area contributed by atoms with Gasteiger partial charge in [-0.3, -0.25) is 9.35 Å². The van der Waals surface area contributed by atoms with E-state index in [4.69, 9.17) is 16.2 Å². The Morgan fingerprint density at radius 3 is 2.37 bits per heavy atom. The summed E-state index contributed by atoms with van der Waals surface area (Å²) in [7, 11) is -4.32. The molecular formula is C18H16ClN3O4S. The number of benzene rings is 2. The van der Waals surface area contributed by atoms with Gasteiger partial charge in [0.15, 0.2) is 0 Å².